The number of halogens is 1. The SMILES string of the molecule is CCOc1ccc(NC(=O)c2c(C)nn(CC(C)C)c2Cl)cc1S(=O)(=O)N(CC)CC. The van der Waals surface area contributed by atoms with Crippen molar-refractivity contribution in [2.75, 3.05) is 25.0 Å². The lowest BCUT2D eigenvalue weighted by Gasteiger charge is -2.21. The summed E-state index contributed by atoms with van der Waals surface area (Å²) in [6.45, 7) is 12.7. The van der Waals surface area contributed by atoms with E-state index in [0.29, 0.717) is 43.5 Å². The number of carbonyl (C=O) groups is 1. The van der Waals surface area contributed by atoms with E-state index in [0.717, 1.165) is 0 Å². The lowest BCUT2D eigenvalue weighted by Crippen LogP contribution is -2.31. The van der Waals surface area contributed by atoms with Crippen molar-refractivity contribution in [3.05, 3.63) is 34.6 Å². The Bertz CT molecular complexity index is 1030. The fourth-order valence-corrected chi connectivity index (χ4v) is 5.18. The Kier molecular flexibility index (Phi) is 8.50. The number of sulfonamides is 1. The van der Waals surface area contributed by atoms with Crippen LogP contribution in [0.3, 0.4) is 0 Å². The van der Waals surface area contributed by atoms with Crippen LogP contribution in [0.1, 0.15) is 50.7 Å². The molecule has 0 atom stereocenters. The molecule has 0 aliphatic rings. The third kappa shape index (κ3) is 5.58. The van der Waals surface area contributed by atoms with Crippen molar-refractivity contribution >= 4 is 33.2 Å². The Balaban J connectivity index is 2.43. The van der Waals surface area contributed by atoms with Gasteiger partial charge >= 0.3 is 0 Å². The lowest BCUT2D eigenvalue weighted by molar-refractivity contribution is 0.102. The quantitative estimate of drug-likeness (QED) is 0.562. The predicted octanol–water partition coefficient (Wildman–Crippen LogP) is 4.18. The average molecular weight is 471 g/mol. The molecule has 0 saturated carbocycles. The second-order valence-electron chi connectivity index (χ2n) is 7.47. The zero-order valence-electron chi connectivity index (χ0n) is 18.9. The highest BCUT2D eigenvalue weighted by molar-refractivity contribution is 7.89. The minimum atomic E-state index is -3.79. The first-order chi connectivity index (χ1) is 14.6. The van der Waals surface area contributed by atoms with Crippen LogP contribution in [0.2, 0.25) is 5.15 Å². The normalized spacial score (nSPS) is 11.9. The Labute approximate surface area is 189 Å². The van der Waals surface area contributed by atoms with Gasteiger partial charge < -0.3 is 10.1 Å². The minimum absolute atomic E-state index is 0.00849. The van der Waals surface area contributed by atoms with Gasteiger partial charge in [0.15, 0.2) is 0 Å². The van der Waals surface area contributed by atoms with Crippen LogP contribution in [0.15, 0.2) is 23.1 Å². The van der Waals surface area contributed by atoms with Crippen LogP contribution in [0.4, 0.5) is 5.69 Å². The number of rotatable bonds is 10. The summed E-state index contributed by atoms with van der Waals surface area (Å²) in [4.78, 5) is 12.9. The van der Waals surface area contributed by atoms with Gasteiger partial charge in [0, 0.05) is 25.3 Å². The highest BCUT2D eigenvalue weighted by Crippen LogP contribution is 2.31. The van der Waals surface area contributed by atoms with E-state index in [1.165, 1.54) is 10.4 Å². The van der Waals surface area contributed by atoms with Crippen molar-refractivity contribution < 1.29 is 17.9 Å². The molecule has 0 aliphatic heterocycles. The van der Waals surface area contributed by atoms with Crippen LogP contribution >= 0.6 is 11.6 Å². The van der Waals surface area contributed by atoms with Crippen molar-refractivity contribution in [2.24, 2.45) is 5.92 Å². The van der Waals surface area contributed by atoms with E-state index in [4.69, 9.17) is 16.3 Å². The maximum atomic E-state index is 13.1. The smallest absolute Gasteiger partial charge is 0.260 e. The molecule has 172 valence electrons. The van der Waals surface area contributed by atoms with Crippen LogP contribution in [0.5, 0.6) is 5.75 Å². The molecule has 31 heavy (non-hydrogen) atoms. The Morgan fingerprint density at radius 1 is 1.26 bits per heavy atom. The van der Waals surface area contributed by atoms with E-state index < -0.39 is 15.9 Å². The van der Waals surface area contributed by atoms with Crippen molar-refractivity contribution in [3.63, 3.8) is 0 Å². The standard InChI is InChI=1S/C21H31ClN4O4S/c1-7-25(8-2)31(28,29)18-12-16(10-11-17(18)30-9-3)23-21(27)19-15(6)24-26(20(19)22)13-14(4)5/h10-12,14H,7-9,13H2,1-6H3,(H,23,27). The summed E-state index contributed by atoms with van der Waals surface area (Å²) in [6, 6.07) is 4.57. The first kappa shape index (κ1) is 25.2. The van der Waals surface area contributed by atoms with E-state index >= 15 is 0 Å². The van der Waals surface area contributed by atoms with Gasteiger partial charge in [0.05, 0.1) is 17.9 Å². The van der Waals surface area contributed by atoms with Crippen LogP contribution in [0, 0.1) is 12.8 Å². The van der Waals surface area contributed by atoms with E-state index in [9.17, 15) is 13.2 Å². The molecule has 0 bridgehead atoms. The van der Waals surface area contributed by atoms with Gasteiger partial charge in [-0.15, -0.1) is 0 Å². The molecule has 1 heterocycles. The van der Waals surface area contributed by atoms with Gasteiger partial charge in [-0.25, -0.2) is 8.42 Å². The number of benzene rings is 1. The van der Waals surface area contributed by atoms with Crippen molar-refractivity contribution in [1.82, 2.24) is 14.1 Å². The number of hydrogen-bond acceptors (Lipinski definition) is 5. The maximum absolute atomic E-state index is 13.1. The van der Waals surface area contributed by atoms with Gasteiger partial charge in [-0.2, -0.15) is 9.40 Å². The molecule has 0 fully saturated rings. The number of anilines is 1. The zero-order valence-corrected chi connectivity index (χ0v) is 20.5. The number of hydrogen-bond donors (Lipinski definition) is 1. The number of aromatic nitrogens is 2. The first-order valence-corrected chi connectivity index (χ1v) is 12.2. The molecule has 0 unspecified atom stereocenters. The molecular formula is C21H31ClN4O4S. The monoisotopic (exact) mass is 470 g/mol. The van der Waals surface area contributed by atoms with Gasteiger partial charge in [0.1, 0.15) is 15.8 Å². The summed E-state index contributed by atoms with van der Waals surface area (Å²) in [5, 5.41) is 7.36. The van der Waals surface area contributed by atoms with E-state index in [-0.39, 0.29) is 21.4 Å². The fourth-order valence-electron chi connectivity index (χ4n) is 3.24. The predicted molar refractivity (Wildman–Crippen MR) is 122 cm³/mol. The van der Waals surface area contributed by atoms with Crippen molar-refractivity contribution in [3.8, 4) is 5.75 Å². The maximum Gasteiger partial charge on any atom is 0.260 e. The van der Waals surface area contributed by atoms with Crippen molar-refractivity contribution in [1.29, 1.82) is 0 Å². The summed E-state index contributed by atoms with van der Waals surface area (Å²) >= 11 is 6.40. The second kappa shape index (κ2) is 10.5. The molecule has 10 heteroatoms. The van der Waals surface area contributed by atoms with Crippen molar-refractivity contribution in [2.45, 2.75) is 53.0 Å². The zero-order chi connectivity index (χ0) is 23.3. The van der Waals surface area contributed by atoms with Crippen LogP contribution in [-0.4, -0.2) is 48.1 Å². The molecule has 1 N–H and O–H groups in total. The first-order valence-electron chi connectivity index (χ1n) is 10.4. The molecule has 2 aromatic rings. The van der Waals surface area contributed by atoms with Crippen LogP contribution in [0.25, 0.3) is 0 Å². The fraction of sp³-hybridized carbons (Fsp3) is 0.524. The summed E-state index contributed by atoms with van der Waals surface area (Å²) in [6.07, 6.45) is 0. The minimum Gasteiger partial charge on any atom is -0.492 e. The Morgan fingerprint density at radius 3 is 2.45 bits per heavy atom. The number of carbonyl (C=O) groups excluding carboxylic acids is 1. The summed E-state index contributed by atoms with van der Waals surface area (Å²) in [7, 11) is -3.79. The van der Waals surface area contributed by atoms with E-state index in [1.807, 2.05) is 13.8 Å². The summed E-state index contributed by atoms with van der Waals surface area (Å²) in [5.74, 6) is 0.103. The number of ether oxygens (including phenoxy) is 1. The van der Waals surface area contributed by atoms with Gasteiger partial charge in [0.2, 0.25) is 10.0 Å². The molecule has 1 aromatic heterocycles. The van der Waals surface area contributed by atoms with Crippen LogP contribution < -0.4 is 10.1 Å². The average Bonchev–Trinajstić information content (AvgIpc) is 2.96. The Hall–Kier alpha value is -2.10. The lowest BCUT2D eigenvalue weighted by atomic mass is 10.2. The van der Waals surface area contributed by atoms with Gasteiger partial charge in [-0.05, 0) is 38.0 Å². The molecule has 0 aliphatic carbocycles. The van der Waals surface area contributed by atoms with Gasteiger partial charge in [-0.1, -0.05) is 39.3 Å². The number of nitrogens with one attached hydrogen (secondary N) is 1. The third-order valence-electron chi connectivity index (χ3n) is 4.66. The number of amides is 1. The molecular weight excluding hydrogens is 440 g/mol. The number of nitrogens with zero attached hydrogens (tertiary/aromatic N) is 3. The number of aryl methyl sites for hydroxylation is 1. The van der Waals surface area contributed by atoms with E-state index in [1.54, 1.807) is 44.5 Å². The molecule has 2 rings (SSSR count). The topological polar surface area (TPSA) is 93.5 Å². The van der Waals surface area contributed by atoms with Crippen LogP contribution in [-0.2, 0) is 16.6 Å². The molecule has 8 nitrogen and oxygen atoms in total. The van der Waals surface area contributed by atoms with Gasteiger partial charge in [-0.3, -0.25) is 9.48 Å². The molecule has 0 saturated heterocycles. The third-order valence-corrected chi connectivity index (χ3v) is 7.11. The van der Waals surface area contributed by atoms with E-state index in [2.05, 4.69) is 10.4 Å². The Morgan fingerprint density at radius 2 is 1.90 bits per heavy atom. The van der Waals surface area contributed by atoms with Gasteiger partial charge in [0.25, 0.3) is 5.91 Å². The molecule has 0 spiro atoms. The molecule has 1 aromatic carbocycles. The molecule has 0 radical (unpaired) electrons. The highest BCUT2D eigenvalue weighted by Gasteiger charge is 2.27. The summed E-state index contributed by atoms with van der Waals surface area (Å²) in [5.41, 5.74) is 1.10. The summed E-state index contributed by atoms with van der Waals surface area (Å²) < 4.78 is 34.7. The highest BCUT2D eigenvalue weighted by atomic mass is 35.5. The largest absolute Gasteiger partial charge is 0.492 e. The molecule has 1 amide bonds. The second-order valence-corrected chi connectivity index (χ2v) is 9.73.